The largest absolute Gasteiger partial charge is 0.391 e. The number of carbonyl (C=O) groups is 1. The van der Waals surface area contributed by atoms with E-state index in [2.05, 4.69) is 39.5 Å². The topological polar surface area (TPSA) is 68.4 Å². The number of hydrogen-bond acceptors (Lipinski definition) is 3. The zero-order valence-electron chi connectivity index (χ0n) is 14.5. The number of nitrogens with one attached hydrogen (secondary N) is 2. The number of carbonyl (C=O) groups excluding carboxylic acids is 1. The number of aromatic amines is 1. The molecule has 1 aromatic heterocycles. The molecule has 1 fully saturated rings. The number of fused-ring (bicyclic) bond motifs is 1. The van der Waals surface area contributed by atoms with Crippen LogP contribution in [0.15, 0.2) is 30.5 Å². The summed E-state index contributed by atoms with van der Waals surface area (Å²) in [6.45, 7) is 6.34. The molecule has 5 nitrogen and oxygen atoms in total. The van der Waals surface area contributed by atoms with Gasteiger partial charge in [-0.15, -0.1) is 0 Å². The predicted molar refractivity (Wildman–Crippen MR) is 95.6 cm³/mol. The zero-order chi connectivity index (χ0) is 17.1. The van der Waals surface area contributed by atoms with Gasteiger partial charge in [-0.1, -0.05) is 26.0 Å². The van der Waals surface area contributed by atoms with E-state index >= 15 is 0 Å². The Morgan fingerprint density at radius 3 is 2.92 bits per heavy atom. The lowest BCUT2D eigenvalue weighted by molar-refractivity contribution is -0.125. The Kier molecular flexibility index (Phi) is 5.21. The standard InChI is InChI=1S/C19H27N3O2/c1-13(2)19(24)21-16-6-9-22(10-7-18(16)23)12-14-3-4-15-5-8-20-17(15)11-14/h3-5,8,11,13,16,18,20,23H,6-7,9-10,12H2,1-2H3,(H,21,24)/t16-,18-/m0/s1. The first-order valence-electron chi connectivity index (χ1n) is 8.80. The van der Waals surface area contributed by atoms with Crippen LogP contribution in [0.5, 0.6) is 0 Å². The van der Waals surface area contributed by atoms with Gasteiger partial charge in [-0.3, -0.25) is 9.69 Å². The first-order chi connectivity index (χ1) is 11.5. The summed E-state index contributed by atoms with van der Waals surface area (Å²) in [7, 11) is 0. The van der Waals surface area contributed by atoms with E-state index in [0.717, 1.165) is 31.6 Å². The highest BCUT2D eigenvalue weighted by atomic mass is 16.3. The fourth-order valence-electron chi connectivity index (χ4n) is 3.27. The fraction of sp³-hybridized carbons (Fsp3) is 0.526. The van der Waals surface area contributed by atoms with Crippen molar-refractivity contribution in [1.82, 2.24) is 15.2 Å². The maximum Gasteiger partial charge on any atom is 0.222 e. The molecule has 2 aromatic rings. The van der Waals surface area contributed by atoms with Crippen molar-refractivity contribution in [3.63, 3.8) is 0 Å². The van der Waals surface area contributed by atoms with Crippen LogP contribution in [0.3, 0.4) is 0 Å². The van der Waals surface area contributed by atoms with Crippen molar-refractivity contribution in [3.8, 4) is 0 Å². The Hall–Kier alpha value is -1.85. The Morgan fingerprint density at radius 1 is 1.33 bits per heavy atom. The molecule has 0 aliphatic carbocycles. The van der Waals surface area contributed by atoms with Gasteiger partial charge in [0.25, 0.3) is 0 Å². The summed E-state index contributed by atoms with van der Waals surface area (Å²) in [5.74, 6) is -0.0335. The third kappa shape index (κ3) is 3.97. The molecule has 0 spiro atoms. The SMILES string of the molecule is CC(C)C(=O)N[C@H]1CCN(Cc2ccc3cc[nH]c3c2)CC[C@@H]1O. The molecular weight excluding hydrogens is 302 g/mol. The minimum absolute atomic E-state index is 0.0182. The lowest BCUT2D eigenvalue weighted by Crippen LogP contribution is -2.44. The molecule has 0 unspecified atom stereocenters. The maximum atomic E-state index is 11.9. The van der Waals surface area contributed by atoms with Crippen molar-refractivity contribution in [2.24, 2.45) is 5.92 Å². The van der Waals surface area contributed by atoms with Crippen molar-refractivity contribution in [3.05, 3.63) is 36.0 Å². The highest BCUT2D eigenvalue weighted by Crippen LogP contribution is 2.18. The van der Waals surface area contributed by atoms with E-state index in [4.69, 9.17) is 0 Å². The van der Waals surface area contributed by atoms with Crippen LogP contribution in [0.4, 0.5) is 0 Å². The summed E-state index contributed by atoms with van der Waals surface area (Å²) in [6.07, 6.45) is 2.96. The van der Waals surface area contributed by atoms with Crippen LogP contribution in [0.2, 0.25) is 0 Å². The number of amides is 1. The van der Waals surface area contributed by atoms with Crippen molar-refractivity contribution in [2.75, 3.05) is 13.1 Å². The van der Waals surface area contributed by atoms with Crippen molar-refractivity contribution in [1.29, 1.82) is 0 Å². The second-order valence-corrected chi connectivity index (χ2v) is 7.09. The lowest BCUT2D eigenvalue weighted by atomic mass is 10.1. The first-order valence-corrected chi connectivity index (χ1v) is 8.80. The summed E-state index contributed by atoms with van der Waals surface area (Å²) in [4.78, 5) is 17.5. The normalized spacial score (nSPS) is 22.7. The van der Waals surface area contributed by atoms with E-state index in [1.165, 1.54) is 10.9 Å². The van der Waals surface area contributed by atoms with Crippen molar-refractivity contribution < 1.29 is 9.90 Å². The van der Waals surface area contributed by atoms with Gasteiger partial charge in [-0.2, -0.15) is 0 Å². The molecule has 1 aliphatic rings. The zero-order valence-corrected chi connectivity index (χ0v) is 14.5. The second kappa shape index (κ2) is 7.36. The number of nitrogens with zero attached hydrogens (tertiary/aromatic N) is 1. The molecule has 1 saturated heterocycles. The summed E-state index contributed by atoms with van der Waals surface area (Å²) < 4.78 is 0. The number of aromatic nitrogens is 1. The van der Waals surface area contributed by atoms with E-state index in [9.17, 15) is 9.90 Å². The highest BCUT2D eigenvalue weighted by molar-refractivity contribution is 5.79. The highest BCUT2D eigenvalue weighted by Gasteiger charge is 2.26. The molecule has 1 aliphatic heterocycles. The van der Waals surface area contributed by atoms with E-state index in [-0.39, 0.29) is 17.9 Å². The minimum atomic E-state index is -0.469. The Balaban J connectivity index is 1.61. The monoisotopic (exact) mass is 329 g/mol. The van der Waals surface area contributed by atoms with E-state index < -0.39 is 6.10 Å². The van der Waals surface area contributed by atoms with Crippen LogP contribution in [0.1, 0.15) is 32.3 Å². The van der Waals surface area contributed by atoms with E-state index in [1.807, 2.05) is 20.0 Å². The van der Waals surface area contributed by atoms with Crippen LogP contribution in [-0.2, 0) is 11.3 Å². The van der Waals surface area contributed by atoms with Gasteiger partial charge in [0.15, 0.2) is 0 Å². The molecule has 0 radical (unpaired) electrons. The number of benzene rings is 1. The van der Waals surface area contributed by atoms with E-state index in [0.29, 0.717) is 6.42 Å². The molecule has 3 N–H and O–H groups in total. The smallest absolute Gasteiger partial charge is 0.222 e. The van der Waals surface area contributed by atoms with Crippen LogP contribution in [0, 0.1) is 5.92 Å². The quantitative estimate of drug-likeness (QED) is 0.806. The molecular formula is C19H27N3O2. The molecule has 5 heteroatoms. The van der Waals surface area contributed by atoms with Gasteiger partial charge in [0, 0.05) is 37.3 Å². The molecule has 24 heavy (non-hydrogen) atoms. The Labute approximate surface area is 143 Å². The number of aliphatic hydroxyl groups excluding tert-OH is 1. The fourth-order valence-corrected chi connectivity index (χ4v) is 3.27. The molecule has 3 rings (SSSR count). The Morgan fingerprint density at radius 2 is 2.12 bits per heavy atom. The molecule has 130 valence electrons. The molecule has 2 atom stereocenters. The van der Waals surface area contributed by atoms with Crippen LogP contribution >= 0.6 is 0 Å². The van der Waals surface area contributed by atoms with E-state index in [1.54, 1.807) is 0 Å². The number of aliphatic hydroxyl groups is 1. The average Bonchev–Trinajstić information content (AvgIpc) is 2.96. The van der Waals surface area contributed by atoms with Gasteiger partial charge in [0.1, 0.15) is 0 Å². The van der Waals surface area contributed by atoms with Crippen molar-refractivity contribution >= 4 is 16.8 Å². The van der Waals surface area contributed by atoms with Gasteiger partial charge >= 0.3 is 0 Å². The summed E-state index contributed by atoms with van der Waals surface area (Å²) in [5.41, 5.74) is 2.42. The van der Waals surface area contributed by atoms with Gasteiger partial charge in [0.2, 0.25) is 5.91 Å². The van der Waals surface area contributed by atoms with Gasteiger partial charge in [-0.05, 0) is 35.9 Å². The molecule has 1 aromatic carbocycles. The molecule has 0 saturated carbocycles. The predicted octanol–water partition coefficient (Wildman–Crippen LogP) is 2.27. The van der Waals surface area contributed by atoms with Gasteiger partial charge in [0.05, 0.1) is 12.1 Å². The number of H-pyrrole nitrogens is 1. The van der Waals surface area contributed by atoms with Crippen LogP contribution in [0.25, 0.3) is 10.9 Å². The number of rotatable bonds is 4. The van der Waals surface area contributed by atoms with Gasteiger partial charge < -0.3 is 15.4 Å². The molecule has 2 heterocycles. The molecule has 1 amide bonds. The maximum absolute atomic E-state index is 11.9. The third-order valence-electron chi connectivity index (χ3n) is 4.84. The Bertz CT molecular complexity index is 695. The summed E-state index contributed by atoms with van der Waals surface area (Å²) in [5, 5.41) is 14.5. The molecule has 0 bridgehead atoms. The van der Waals surface area contributed by atoms with Gasteiger partial charge in [-0.25, -0.2) is 0 Å². The number of hydrogen-bond donors (Lipinski definition) is 3. The number of likely N-dealkylation sites (tertiary alicyclic amines) is 1. The van der Waals surface area contributed by atoms with Crippen LogP contribution < -0.4 is 5.32 Å². The van der Waals surface area contributed by atoms with Crippen molar-refractivity contribution in [2.45, 2.75) is 45.4 Å². The lowest BCUT2D eigenvalue weighted by Gasteiger charge is -2.22. The van der Waals surface area contributed by atoms with Crippen LogP contribution in [-0.4, -0.2) is 46.1 Å². The second-order valence-electron chi connectivity index (χ2n) is 7.09. The average molecular weight is 329 g/mol. The summed E-state index contributed by atoms with van der Waals surface area (Å²) in [6, 6.07) is 8.42. The minimum Gasteiger partial charge on any atom is -0.391 e. The third-order valence-corrected chi connectivity index (χ3v) is 4.84. The first kappa shape index (κ1) is 17.0. The summed E-state index contributed by atoms with van der Waals surface area (Å²) >= 11 is 0.